The van der Waals surface area contributed by atoms with Crippen LogP contribution in [0.15, 0.2) is 47.7 Å². The van der Waals surface area contributed by atoms with Crippen molar-refractivity contribution in [2.45, 2.75) is 19.7 Å². The van der Waals surface area contributed by atoms with Crippen LogP contribution < -0.4 is 5.56 Å². The van der Waals surface area contributed by atoms with Crippen molar-refractivity contribution < 1.29 is 5.11 Å². The Labute approximate surface area is 93.4 Å². The van der Waals surface area contributed by atoms with Crippen LogP contribution in [0, 0.1) is 0 Å². The van der Waals surface area contributed by atoms with E-state index in [2.05, 4.69) is 0 Å². The van der Waals surface area contributed by atoms with Gasteiger partial charge in [-0.3, -0.25) is 4.79 Å². The first kappa shape index (κ1) is 10.7. The molecule has 0 fully saturated rings. The van der Waals surface area contributed by atoms with Crippen LogP contribution in [0.1, 0.15) is 5.56 Å². The van der Waals surface area contributed by atoms with Crippen molar-refractivity contribution in [1.82, 2.24) is 9.13 Å². The molecule has 0 saturated heterocycles. The van der Waals surface area contributed by atoms with Gasteiger partial charge in [0.25, 0.3) is 5.56 Å². The third-order valence-electron chi connectivity index (χ3n) is 2.49. The number of aromatic nitrogens is 2. The summed E-state index contributed by atoms with van der Waals surface area (Å²) in [7, 11) is 0. The van der Waals surface area contributed by atoms with E-state index in [1.54, 1.807) is 22.9 Å². The summed E-state index contributed by atoms with van der Waals surface area (Å²) in [6.07, 6.45) is 5.56. The van der Waals surface area contributed by atoms with Gasteiger partial charge >= 0.3 is 0 Å². The first-order chi connectivity index (χ1) is 7.79. The van der Waals surface area contributed by atoms with Gasteiger partial charge in [-0.25, -0.2) is 0 Å². The molecule has 16 heavy (non-hydrogen) atoms. The van der Waals surface area contributed by atoms with Crippen molar-refractivity contribution >= 4 is 0 Å². The zero-order valence-corrected chi connectivity index (χ0v) is 8.91. The first-order valence-electron chi connectivity index (χ1n) is 5.20. The number of aliphatic hydroxyl groups is 1. The third-order valence-corrected chi connectivity index (χ3v) is 2.49. The SMILES string of the molecule is O=c1ccccn1CCn1ccc(CO)c1. The fraction of sp³-hybridized carbons (Fsp3) is 0.250. The number of hydrogen-bond acceptors (Lipinski definition) is 2. The topological polar surface area (TPSA) is 47.2 Å². The standard InChI is InChI=1S/C12H14N2O2/c15-10-11-4-6-13(9-11)7-8-14-5-2-1-3-12(14)16/h1-6,9,15H,7-8,10H2. The van der Waals surface area contributed by atoms with Gasteiger partial charge in [-0.15, -0.1) is 0 Å². The molecular weight excluding hydrogens is 204 g/mol. The van der Waals surface area contributed by atoms with E-state index in [-0.39, 0.29) is 12.2 Å². The quantitative estimate of drug-likeness (QED) is 0.826. The molecule has 2 aromatic rings. The van der Waals surface area contributed by atoms with Crippen LogP contribution in [-0.4, -0.2) is 14.2 Å². The van der Waals surface area contributed by atoms with Crippen molar-refractivity contribution in [3.8, 4) is 0 Å². The van der Waals surface area contributed by atoms with Crippen LogP contribution in [0.3, 0.4) is 0 Å². The summed E-state index contributed by atoms with van der Waals surface area (Å²) in [4.78, 5) is 11.4. The van der Waals surface area contributed by atoms with Crippen LogP contribution >= 0.6 is 0 Å². The zero-order valence-electron chi connectivity index (χ0n) is 8.91. The van der Waals surface area contributed by atoms with Gasteiger partial charge in [0.15, 0.2) is 0 Å². The maximum atomic E-state index is 11.4. The Morgan fingerprint density at radius 3 is 2.69 bits per heavy atom. The lowest BCUT2D eigenvalue weighted by molar-refractivity contribution is 0.281. The van der Waals surface area contributed by atoms with E-state index in [0.29, 0.717) is 6.54 Å². The number of pyridine rings is 1. The highest BCUT2D eigenvalue weighted by Gasteiger charge is 1.97. The minimum atomic E-state index is 0.0111. The molecule has 2 heterocycles. The van der Waals surface area contributed by atoms with E-state index in [1.807, 2.05) is 29.1 Å². The zero-order chi connectivity index (χ0) is 11.4. The molecule has 0 unspecified atom stereocenters. The van der Waals surface area contributed by atoms with Crippen molar-refractivity contribution in [3.63, 3.8) is 0 Å². The van der Waals surface area contributed by atoms with Gasteiger partial charge in [0.2, 0.25) is 0 Å². The van der Waals surface area contributed by atoms with Crippen molar-refractivity contribution in [2.24, 2.45) is 0 Å². The van der Waals surface area contributed by atoms with Gasteiger partial charge in [0.05, 0.1) is 6.61 Å². The lowest BCUT2D eigenvalue weighted by Gasteiger charge is -2.05. The second-order valence-corrected chi connectivity index (χ2v) is 3.65. The Bertz CT molecular complexity index is 513. The van der Waals surface area contributed by atoms with Crippen LogP contribution in [0.5, 0.6) is 0 Å². The van der Waals surface area contributed by atoms with Crippen LogP contribution in [-0.2, 0) is 19.7 Å². The smallest absolute Gasteiger partial charge is 0.250 e. The Hall–Kier alpha value is -1.81. The van der Waals surface area contributed by atoms with Gasteiger partial charge in [-0.2, -0.15) is 0 Å². The van der Waals surface area contributed by atoms with Crippen molar-refractivity contribution in [2.75, 3.05) is 0 Å². The number of aliphatic hydroxyl groups excluding tert-OH is 1. The van der Waals surface area contributed by atoms with Gasteiger partial charge in [-0.1, -0.05) is 6.07 Å². The largest absolute Gasteiger partial charge is 0.392 e. The van der Waals surface area contributed by atoms with E-state index < -0.39 is 0 Å². The van der Waals surface area contributed by atoms with E-state index >= 15 is 0 Å². The minimum absolute atomic E-state index is 0.0111. The number of aryl methyl sites for hydroxylation is 2. The van der Waals surface area contributed by atoms with Crippen molar-refractivity contribution in [1.29, 1.82) is 0 Å². The molecule has 0 amide bonds. The van der Waals surface area contributed by atoms with Crippen LogP contribution in [0.25, 0.3) is 0 Å². The second-order valence-electron chi connectivity index (χ2n) is 3.65. The van der Waals surface area contributed by atoms with Gasteiger partial charge in [0, 0.05) is 37.7 Å². The Morgan fingerprint density at radius 2 is 2.00 bits per heavy atom. The highest BCUT2D eigenvalue weighted by molar-refractivity contribution is 5.08. The summed E-state index contributed by atoms with van der Waals surface area (Å²) in [6, 6.07) is 7.00. The van der Waals surface area contributed by atoms with Crippen LogP contribution in [0.4, 0.5) is 0 Å². The van der Waals surface area contributed by atoms with E-state index in [4.69, 9.17) is 5.11 Å². The van der Waals surface area contributed by atoms with E-state index in [9.17, 15) is 4.79 Å². The summed E-state index contributed by atoms with van der Waals surface area (Å²) in [6.45, 7) is 1.42. The minimum Gasteiger partial charge on any atom is -0.392 e. The normalized spacial score (nSPS) is 10.6. The first-order valence-corrected chi connectivity index (χ1v) is 5.20. The highest BCUT2D eigenvalue weighted by atomic mass is 16.3. The predicted octanol–water partition coefficient (Wildman–Crippen LogP) is 0.842. The molecule has 0 aliphatic carbocycles. The molecule has 4 heteroatoms. The monoisotopic (exact) mass is 218 g/mol. The molecule has 0 aliphatic rings. The summed E-state index contributed by atoms with van der Waals surface area (Å²) in [5.41, 5.74) is 0.900. The maximum absolute atomic E-state index is 11.4. The molecular formula is C12H14N2O2. The molecule has 84 valence electrons. The molecule has 1 N–H and O–H groups in total. The summed E-state index contributed by atoms with van der Waals surface area (Å²) in [5, 5.41) is 8.91. The Morgan fingerprint density at radius 1 is 1.12 bits per heavy atom. The van der Waals surface area contributed by atoms with Crippen molar-refractivity contribution in [3.05, 3.63) is 58.8 Å². The Balaban J connectivity index is 2.02. The van der Waals surface area contributed by atoms with Gasteiger partial charge < -0.3 is 14.2 Å². The number of rotatable bonds is 4. The summed E-state index contributed by atoms with van der Waals surface area (Å²) < 4.78 is 3.63. The Kier molecular flexibility index (Phi) is 3.22. The molecule has 0 bridgehead atoms. The molecule has 2 aromatic heterocycles. The average Bonchev–Trinajstić information content (AvgIpc) is 2.76. The lowest BCUT2D eigenvalue weighted by Crippen LogP contribution is -2.20. The molecule has 4 nitrogen and oxygen atoms in total. The summed E-state index contributed by atoms with van der Waals surface area (Å²) in [5.74, 6) is 0. The van der Waals surface area contributed by atoms with E-state index in [1.165, 1.54) is 0 Å². The van der Waals surface area contributed by atoms with Gasteiger partial charge in [-0.05, 0) is 17.7 Å². The highest BCUT2D eigenvalue weighted by Crippen LogP contribution is 2.00. The predicted molar refractivity (Wildman–Crippen MR) is 61.1 cm³/mol. The average molecular weight is 218 g/mol. The second kappa shape index (κ2) is 4.81. The lowest BCUT2D eigenvalue weighted by atomic mass is 10.4. The molecule has 2 rings (SSSR count). The van der Waals surface area contributed by atoms with E-state index in [0.717, 1.165) is 12.1 Å². The molecule has 0 saturated carbocycles. The molecule has 0 spiro atoms. The number of hydrogen-bond donors (Lipinski definition) is 1. The summed E-state index contributed by atoms with van der Waals surface area (Å²) >= 11 is 0. The molecule has 0 aliphatic heterocycles. The van der Waals surface area contributed by atoms with Crippen LogP contribution in [0.2, 0.25) is 0 Å². The molecule has 0 radical (unpaired) electrons. The fourth-order valence-corrected chi connectivity index (χ4v) is 1.59. The maximum Gasteiger partial charge on any atom is 0.250 e. The third kappa shape index (κ3) is 2.41. The van der Waals surface area contributed by atoms with Gasteiger partial charge in [0.1, 0.15) is 0 Å². The number of nitrogens with zero attached hydrogens (tertiary/aromatic N) is 2. The molecule has 0 aromatic carbocycles. The fourth-order valence-electron chi connectivity index (χ4n) is 1.59. The molecule has 0 atom stereocenters.